The van der Waals surface area contributed by atoms with E-state index in [4.69, 9.17) is 21.1 Å². The molecule has 1 aliphatic rings. The number of hydrogen-bond acceptors (Lipinski definition) is 3. The van der Waals surface area contributed by atoms with Gasteiger partial charge >= 0.3 is 0 Å². The zero-order chi connectivity index (χ0) is 18.5. The van der Waals surface area contributed by atoms with Gasteiger partial charge in [-0.25, -0.2) is 0 Å². The van der Waals surface area contributed by atoms with E-state index in [0.29, 0.717) is 18.1 Å². The summed E-state index contributed by atoms with van der Waals surface area (Å²) >= 11 is 6.31. The maximum absolute atomic E-state index is 11.7. The SMILES string of the molecule is C=CC(=O)N1CCC(Oc2cc(Cl)cc(-c3ccccc3OC)c2)CC1. The number of amides is 1. The molecule has 0 aromatic heterocycles. The third-order valence-corrected chi connectivity index (χ3v) is 4.74. The van der Waals surface area contributed by atoms with Crippen LogP contribution in [0.1, 0.15) is 12.8 Å². The van der Waals surface area contributed by atoms with Crippen molar-refractivity contribution in [1.82, 2.24) is 4.90 Å². The molecule has 2 aromatic carbocycles. The van der Waals surface area contributed by atoms with Gasteiger partial charge in [-0.2, -0.15) is 0 Å². The number of nitrogens with zero attached hydrogens (tertiary/aromatic N) is 1. The molecular formula is C21H22ClNO3. The molecule has 0 spiro atoms. The van der Waals surface area contributed by atoms with E-state index in [9.17, 15) is 4.79 Å². The Morgan fingerprint density at radius 3 is 2.65 bits per heavy atom. The van der Waals surface area contributed by atoms with Gasteiger partial charge in [-0.3, -0.25) is 4.79 Å². The van der Waals surface area contributed by atoms with Crippen LogP contribution in [0.25, 0.3) is 11.1 Å². The van der Waals surface area contributed by atoms with Crippen LogP contribution in [0.15, 0.2) is 55.1 Å². The summed E-state index contributed by atoms with van der Waals surface area (Å²) in [6.45, 7) is 4.89. The van der Waals surface area contributed by atoms with Crippen molar-refractivity contribution in [1.29, 1.82) is 0 Å². The minimum atomic E-state index is -0.0235. The highest BCUT2D eigenvalue weighted by Crippen LogP contribution is 2.34. The summed E-state index contributed by atoms with van der Waals surface area (Å²) in [7, 11) is 1.65. The molecule has 136 valence electrons. The monoisotopic (exact) mass is 371 g/mol. The molecular weight excluding hydrogens is 350 g/mol. The van der Waals surface area contributed by atoms with Gasteiger partial charge in [0.15, 0.2) is 0 Å². The number of benzene rings is 2. The molecule has 3 rings (SSSR count). The Morgan fingerprint density at radius 1 is 1.23 bits per heavy atom. The average molecular weight is 372 g/mol. The molecule has 0 aliphatic carbocycles. The zero-order valence-corrected chi connectivity index (χ0v) is 15.5. The molecule has 0 bridgehead atoms. The summed E-state index contributed by atoms with van der Waals surface area (Å²) in [5.74, 6) is 1.49. The van der Waals surface area contributed by atoms with E-state index < -0.39 is 0 Å². The molecule has 1 saturated heterocycles. The van der Waals surface area contributed by atoms with Crippen LogP contribution >= 0.6 is 11.6 Å². The van der Waals surface area contributed by atoms with Gasteiger partial charge in [0.05, 0.1) is 7.11 Å². The Labute approximate surface area is 159 Å². The molecule has 2 aromatic rings. The van der Waals surface area contributed by atoms with Gasteiger partial charge in [0.2, 0.25) is 5.91 Å². The standard InChI is InChI=1S/C21H22ClNO3/c1-3-21(24)23-10-8-17(9-11-23)26-18-13-15(12-16(22)14-18)19-6-4-5-7-20(19)25-2/h3-7,12-14,17H,1,8-11H2,2H3. The largest absolute Gasteiger partial charge is 0.496 e. The topological polar surface area (TPSA) is 38.8 Å². The highest BCUT2D eigenvalue weighted by Gasteiger charge is 2.23. The van der Waals surface area contributed by atoms with E-state index >= 15 is 0 Å². The lowest BCUT2D eigenvalue weighted by Crippen LogP contribution is -2.41. The lowest BCUT2D eigenvalue weighted by atomic mass is 10.0. The van der Waals surface area contributed by atoms with Crippen molar-refractivity contribution >= 4 is 17.5 Å². The van der Waals surface area contributed by atoms with Crippen LogP contribution in [-0.2, 0) is 4.79 Å². The van der Waals surface area contributed by atoms with Crippen LogP contribution in [0, 0.1) is 0 Å². The smallest absolute Gasteiger partial charge is 0.245 e. The van der Waals surface area contributed by atoms with Crippen molar-refractivity contribution in [3.05, 3.63) is 60.1 Å². The molecule has 4 nitrogen and oxygen atoms in total. The van der Waals surface area contributed by atoms with Crippen molar-refractivity contribution in [2.75, 3.05) is 20.2 Å². The Hall–Kier alpha value is -2.46. The van der Waals surface area contributed by atoms with Gasteiger partial charge in [-0.1, -0.05) is 36.4 Å². The van der Waals surface area contributed by atoms with Gasteiger partial charge < -0.3 is 14.4 Å². The predicted molar refractivity (Wildman–Crippen MR) is 104 cm³/mol. The average Bonchev–Trinajstić information content (AvgIpc) is 2.67. The number of carbonyl (C=O) groups excluding carboxylic acids is 1. The van der Waals surface area contributed by atoms with Crippen molar-refractivity contribution in [2.45, 2.75) is 18.9 Å². The van der Waals surface area contributed by atoms with Crippen LogP contribution < -0.4 is 9.47 Å². The Balaban J connectivity index is 1.75. The Bertz CT molecular complexity index is 798. The summed E-state index contributed by atoms with van der Waals surface area (Å²) in [6, 6.07) is 13.5. The number of likely N-dealkylation sites (tertiary alicyclic amines) is 1. The molecule has 0 N–H and O–H groups in total. The van der Waals surface area contributed by atoms with Gasteiger partial charge in [0, 0.05) is 36.5 Å². The Morgan fingerprint density at radius 2 is 1.96 bits per heavy atom. The molecule has 1 fully saturated rings. The second kappa shape index (κ2) is 8.28. The first-order chi connectivity index (χ1) is 12.6. The zero-order valence-electron chi connectivity index (χ0n) is 14.8. The summed E-state index contributed by atoms with van der Waals surface area (Å²) in [5.41, 5.74) is 1.91. The van der Waals surface area contributed by atoms with Crippen molar-refractivity contribution in [2.24, 2.45) is 0 Å². The van der Waals surface area contributed by atoms with Gasteiger partial charge in [-0.15, -0.1) is 0 Å². The molecule has 0 radical (unpaired) electrons. The van der Waals surface area contributed by atoms with E-state index in [1.54, 1.807) is 12.0 Å². The molecule has 26 heavy (non-hydrogen) atoms. The number of hydrogen-bond donors (Lipinski definition) is 0. The molecule has 0 unspecified atom stereocenters. The molecule has 0 atom stereocenters. The normalized spacial score (nSPS) is 14.8. The van der Waals surface area contributed by atoms with Crippen LogP contribution in [-0.4, -0.2) is 37.1 Å². The van der Waals surface area contributed by atoms with Crippen LogP contribution in [0.2, 0.25) is 5.02 Å². The highest BCUT2D eigenvalue weighted by molar-refractivity contribution is 6.31. The minimum Gasteiger partial charge on any atom is -0.496 e. The first kappa shape index (κ1) is 18.3. The lowest BCUT2D eigenvalue weighted by molar-refractivity contribution is -0.127. The number of para-hydroxylation sites is 1. The Kier molecular flexibility index (Phi) is 5.84. The van der Waals surface area contributed by atoms with Crippen LogP contribution in [0.5, 0.6) is 11.5 Å². The van der Waals surface area contributed by atoms with E-state index in [1.165, 1.54) is 6.08 Å². The number of piperidine rings is 1. The highest BCUT2D eigenvalue weighted by atomic mass is 35.5. The van der Waals surface area contributed by atoms with E-state index in [2.05, 4.69) is 6.58 Å². The summed E-state index contributed by atoms with van der Waals surface area (Å²) in [5, 5.41) is 0.614. The third-order valence-electron chi connectivity index (χ3n) is 4.52. The second-order valence-electron chi connectivity index (χ2n) is 6.22. The lowest BCUT2D eigenvalue weighted by Gasteiger charge is -2.31. The number of methoxy groups -OCH3 is 1. The summed E-state index contributed by atoms with van der Waals surface area (Å²) in [4.78, 5) is 13.5. The fourth-order valence-electron chi connectivity index (χ4n) is 3.18. The molecule has 1 heterocycles. The maximum Gasteiger partial charge on any atom is 0.245 e. The van der Waals surface area contributed by atoms with E-state index in [-0.39, 0.29) is 12.0 Å². The van der Waals surface area contributed by atoms with E-state index in [0.717, 1.165) is 35.5 Å². The van der Waals surface area contributed by atoms with Crippen LogP contribution in [0.4, 0.5) is 0 Å². The number of halogens is 1. The number of rotatable bonds is 5. The first-order valence-electron chi connectivity index (χ1n) is 8.62. The third kappa shape index (κ3) is 4.20. The molecule has 1 aliphatic heterocycles. The predicted octanol–water partition coefficient (Wildman–Crippen LogP) is 4.57. The summed E-state index contributed by atoms with van der Waals surface area (Å²) in [6.07, 6.45) is 3.00. The fourth-order valence-corrected chi connectivity index (χ4v) is 3.41. The summed E-state index contributed by atoms with van der Waals surface area (Å²) < 4.78 is 11.6. The second-order valence-corrected chi connectivity index (χ2v) is 6.66. The van der Waals surface area contributed by atoms with E-state index in [1.807, 2.05) is 42.5 Å². The van der Waals surface area contributed by atoms with Crippen molar-refractivity contribution in [3.63, 3.8) is 0 Å². The van der Waals surface area contributed by atoms with Crippen molar-refractivity contribution < 1.29 is 14.3 Å². The molecule has 0 saturated carbocycles. The van der Waals surface area contributed by atoms with Gasteiger partial charge in [0.1, 0.15) is 17.6 Å². The number of carbonyl (C=O) groups is 1. The van der Waals surface area contributed by atoms with Crippen LogP contribution in [0.3, 0.4) is 0 Å². The molecule has 5 heteroatoms. The first-order valence-corrected chi connectivity index (χ1v) is 9.00. The van der Waals surface area contributed by atoms with Crippen molar-refractivity contribution in [3.8, 4) is 22.6 Å². The maximum atomic E-state index is 11.7. The van der Waals surface area contributed by atoms with Gasteiger partial charge in [0.25, 0.3) is 0 Å². The van der Waals surface area contributed by atoms with Gasteiger partial charge in [-0.05, 0) is 35.9 Å². The quantitative estimate of drug-likeness (QED) is 0.722. The number of ether oxygens (including phenoxy) is 2. The fraction of sp³-hybridized carbons (Fsp3) is 0.286. The molecule has 1 amide bonds. The minimum absolute atomic E-state index is 0.0235.